The molecule has 0 saturated carbocycles. The lowest BCUT2D eigenvalue weighted by atomic mass is 10.1. The Balaban J connectivity index is 2.04. The molecule has 1 aromatic carbocycles. The van der Waals surface area contributed by atoms with Gasteiger partial charge >= 0.3 is 0 Å². The van der Waals surface area contributed by atoms with Gasteiger partial charge in [0.05, 0.1) is 17.1 Å². The Kier molecular flexibility index (Phi) is 4.46. The highest BCUT2D eigenvalue weighted by atomic mass is 32.1. The molecule has 5 heteroatoms. The Morgan fingerprint density at radius 3 is 2.70 bits per heavy atom. The van der Waals surface area contributed by atoms with E-state index in [4.69, 9.17) is 10.2 Å². The van der Waals surface area contributed by atoms with E-state index in [0.717, 1.165) is 36.2 Å². The van der Waals surface area contributed by atoms with Crippen molar-refractivity contribution in [3.8, 4) is 6.07 Å². The van der Waals surface area contributed by atoms with Crippen molar-refractivity contribution in [2.45, 2.75) is 6.42 Å². The maximum Gasteiger partial charge on any atom is 0.137 e. The summed E-state index contributed by atoms with van der Waals surface area (Å²) in [5.41, 5.74) is 1.55. The first-order valence-corrected chi connectivity index (χ1v) is 8.55. The van der Waals surface area contributed by atoms with Gasteiger partial charge in [-0.25, -0.2) is 4.98 Å². The lowest BCUT2D eigenvalue weighted by Crippen LogP contribution is -2.24. The normalized spacial score (nSPS) is 11.3. The summed E-state index contributed by atoms with van der Waals surface area (Å²) >= 11 is 1.73. The van der Waals surface area contributed by atoms with Crippen LogP contribution in [0.25, 0.3) is 21.0 Å². The van der Waals surface area contributed by atoms with Crippen LogP contribution >= 0.6 is 11.3 Å². The van der Waals surface area contributed by atoms with Crippen molar-refractivity contribution in [3.63, 3.8) is 0 Å². The van der Waals surface area contributed by atoms with Crippen molar-refractivity contribution in [3.05, 3.63) is 35.2 Å². The van der Waals surface area contributed by atoms with Crippen LogP contribution in [-0.2, 0) is 0 Å². The van der Waals surface area contributed by atoms with Crippen molar-refractivity contribution in [2.75, 3.05) is 39.1 Å². The van der Waals surface area contributed by atoms with E-state index in [9.17, 15) is 0 Å². The van der Waals surface area contributed by atoms with Gasteiger partial charge < -0.3 is 9.80 Å². The molecule has 3 rings (SSSR count). The van der Waals surface area contributed by atoms with E-state index in [-0.39, 0.29) is 0 Å². The third-order valence-corrected chi connectivity index (χ3v) is 4.91. The van der Waals surface area contributed by atoms with Crippen LogP contribution in [0.3, 0.4) is 0 Å². The molecule has 118 valence electrons. The van der Waals surface area contributed by atoms with Gasteiger partial charge in [-0.05, 0) is 50.6 Å². The monoisotopic (exact) mass is 324 g/mol. The maximum absolute atomic E-state index is 9.13. The molecule has 0 unspecified atom stereocenters. The summed E-state index contributed by atoms with van der Waals surface area (Å²) in [4.78, 5) is 9.26. The molecule has 0 N–H and O–H groups in total. The smallest absolute Gasteiger partial charge is 0.137 e. The molecule has 0 aliphatic heterocycles. The number of aromatic nitrogens is 1. The molecule has 3 aromatic rings. The Hall–Kier alpha value is -2.16. The average molecular weight is 324 g/mol. The second kappa shape index (κ2) is 6.53. The molecule has 0 radical (unpaired) electrons. The fourth-order valence-electron chi connectivity index (χ4n) is 2.77. The van der Waals surface area contributed by atoms with Gasteiger partial charge in [0, 0.05) is 29.1 Å². The summed E-state index contributed by atoms with van der Waals surface area (Å²) in [5.74, 6) is 1.00. The zero-order valence-corrected chi connectivity index (χ0v) is 14.5. The Morgan fingerprint density at radius 2 is 1.96 bits per heavy atom. The zero-order chi connectivity index (χ0) is 16.4. The van der Waals surface area contributed by atoms with Crippen molar-refractivity contribution < 1.29 is 0 Å². The van der Waals surface area contributed by atoms with Gasteiger partial charge in [-0.1, -0.05) is 6.07 Å². The number of anilines is 1. The number of nitriles is 1. The lowest BCUT2D eigenvalue weighted by molar-refractivity contribution is 0.401. The number of benzene rings is 1. The van der Waals surface area contributed by atoms with Crippen molar-refractivity contribution in [1.29, 1.82) is 5.26 Å². The average Bonchev–Trinajstić information content (AvgIpc) is 3.02. The van der Waals surface area contributed by atoms with Crippen LogP contribution in [0, 0.1) is 11.3 Å². The van der Waals surface area contributed by atoms with E-state index in [1.807, 2.05) is 18.2 Å². The van der Waals surface area contributed by atoms with Crippen LogP contribution in [0.5, 0.6) is 0 Å². The summed E-state index contributed by atoms with van der Waals surface area (Å²) in [7, 11) is 6.28. The minimum Gasteiger partial charge on any atom is -0.359 e. The van der Waals surface area contributed by atoms with E-state index in [1.54, 1.807) is 11.3 Å². The van der Waals surface area contributed by atoms with E-state index < -0.39 is 0 Å². The number of rotatable bonds is 5. The molecule has 0 atom stereocenters. The van der Waals surface area contributed by atoms with E-state index >= 15 is 0 Å². The summed E-state index contributed by atoms with van der Waals surface area (Å²) in [5, 5.41) is 13.6. The molecular formula is C18H20N4S. The van der Waals surface area contributed by atoms with Crippen LogP contribution in [0.1, 0.15) is 12.0 Å². The van der Waals surface area contributed by atoms with Crippen LogP contribution < -0.4 is 4.90 Å². The molecule has 0 aliphatic rings. The van der Waals surface area contributed by atoms with Gasteiger partial charge in [0.2, 0.25) is 0 Å². The molecule has 0 saturated heterocycles. The molecule has 0 amide bonds. The van der Waals surface area contributed by atoms with Crippen LogP contribution in [0.2, 0.25) is 0 Å². The van der Waals surface area contributed by atoms with Gasteiger partial charge in [-0.2, -0.15) is 5.26 Å². The highest BCUT2D eigenvalue weighted by Crippen LogP contribution is 2.35. The number of pyridine rings is 1. The number of nitrogens with zero attached hydrogens (tertiary/aromatic N) is 4. The standard InChI is InChI=1S/C18H20N4S/c1-21(2)8-4-9-22(3)18-15-7-10-23-17(15)14-6-5-13(12-19)11-16(14)20-18/h5-7,10-11H,4,8-9H2,1-3H3. The van der Waals surface area contributed by atoms with Gasteiger partial charge in [0.25, 0.3) is 0 Å². The van der Waals surface area contributed by atoms with Gasteiger partial charge in [-0.15, -0.1) is 11.3 Å². The van der Waals surface area contributed by atoms with Crippen LogP contribution in [-0.4, -0.2) is 44.1 Å². The molecule has 2 heterocycles. The number of thiophene rings is 1. The van der Waals surface area contributed by atoms with E-state index in [0.29, 0.717) is 5.56 Å². The molecule has 2 aromatic heterocycles. The predicted octanol–water partition coefficient (Wildman–Crippen LogP) is 3.71. The molecular weight excluding hydrogens is 304 g/mol. The second-order valence-electron chi connectivity index (χ2n) is 6.02. The van der Waals surface area contributed by atoms with Crippen LogP contribution in [0.15, 0.2) is 29.6 Å². The highest BCUT2D eigenvalue weighted by Gasteiger charge is 2.13. The summed E-state index contributed by atoms with van der Waals surface area (Å²) in [6.07, 6.45) is 1.09. The topological polar surface area (TPSA) is 43.2 Å². The first-order chi connectivity index (χ1) is 11.1. The van der Waals surface area contributed by atoms with Gasteiger partial charge in [-0.3, -0.25) is 0 Å². The third-order valence-electron chi connectivity index (χ3n) is 3.96. The minimum atomic E-state index is 0.655. The minimum absolute atomic E-state index is 0.655. The maximum atomic E-state index is 9.13. The fourth-order valence-corrected chi connectivity index (χ4v) is 3.70. The summed E-state index contributed by atoms with van der Waals surface area (Å²) in [6.45, 7) is 2.02. The Bertz CT molecular complexity index is 876. The second-order valence-corrected chi connectivity index (χ2v) is 6.94. The first-order valence-electron chi connectivity index (χ1n) is 7.67. The third kappa shape index (κ3) is 3.14. The number of hydrogen-bond acceptors (Lipinski definition) is 5. The predicted molar refractivity (Wildman–Crippen MR) is 98.3 cm³/mol. The molecule has 23 heavy (non-hydrogen) atoms. The van der Waals surface area contributed by atoms with Crippen LogP contribution in [0.4, 0.5) is 5.82 Å². The lowest BCUT2D eigenvalue weighted by Gasteiger charge is -2.21. The van der Waals surface area contributed by atoms with Gasteiger partial charge in [0.1, 0.15) is 5.82 Å². The summed E-state index contributed by atoms with van der Waals surface area (Å²) in [6, 6.07) is 10.1. The van der Waals surface area contributed by atoms with Crippen molar-refractivity contribution in [2.24, 2.45) is 0 Å². The van der Waals surface area contributed by atoms with E-state index in [1.165, 1.54) is 10.1 Å². The fraction of sp³-hybridized carbons (Fsp3) is 0.333. The number of fused-ring (bicyclic) bond motifs is 3. The van der Waals surface area contributed by atoms with Crippen molar-refractivity contribution >= 4 is 38.1 Å². The molecule has 0 bridgehead atoms. The zero-order valence-electron chi connectivity index (χ0n) is 13.7. The molecule has 0 spiro atoms. The molecule has 4 nitrogen and oxygen atoms in total. The largest absolute Gasteiger partial charge is 0.359 e. The highest BCUT2D eigenvalue weighted by molar-refractivity contribution is 7.18. The van der Waals surface area contributed by atoms with Gasteiger partial charge in [0.15, 0.2) is 0 Å². The number of hydrogen-bond donors (Lipinski definition) is 0. The first kappa shape index (κ1) is 15.7. The SMILES string of the molecule is CN(C)CCCN(C)c1nc2cc(C#N)ccc2c2sccc12. The van der Waals surface area contributed by atoms with Crippen molar-refractivity contribution in [1.82, 2.24) is 9.88 Å². The summed E-state index contributed by atoms with van der Waals surface area (Å²) < 4.78 is 1.24. The quantitative estimate of drug-likeness (QED) is 0.717. The Morgan fingerprint density at radius 1 is 1.13 bits per heavy atom. The molecule has 0 aliphatic carbocycles. The van der Waals surface area contributed by atoms with E-state index in [2.05, 4.69) is 48.5 Å². The molecule has 0 fully saturated rings. The Labute approximate surface area is 140 Å².